The maximum absolute atomic E-state index is 3.59. The van der Waals surface area contributed by atoms with Gasteiger partial charge in [0.2, 0.25) is 0 Å². The second-order valence-corrected chi connectivity index (χ2v) is 6.06. The molecule has 0 bridgehead atoms. The lowest BCUT2D eigenvalue weighted by Crippen LogP contribution is -2.54. The van der Waals surface area contributed by atoms with Gasteiger partial charge in [-0.05, 0) is 59.7 Å². The molecule has 0 amide bonds. The van der Waals surface area contributed by atoms with E-state index in [1.807, 2.05) is 0 Å². The molecule has 2 rings (SSSR count). The van der Waals surface area contributed by atoms with Crippen LogP contribution in [-0.2, 0) is 0 Å². The minimum atomic E-state index is 0.711. The number of nitrogens with zero attached hydrogens (tertiary/aromatic N) is 2. The summed E-state index contributed by atoms with van der Waals surface area (Å²) in [7, 11) is 2.26. The highest BCUT2D eigenvalue weighted by Gasteiger charge is 2.25. The summed E-state index contributed by atoms with van der Waals surface area (Å²) in [5.74, 6) is 0. The second-order valence-electron chi connectivity index (χ2n) is 6.06. The minimum Gasteiger partial charge on any atom is -0.314 e. The predicted molar refractivity (Wildman–Crippen MR) is 73.4 cm³/mol. The standard InChI is InChI=1S/C14H29N3/c1-12-10-17(11-13(2)16(12)3)9-5-4-8-15-14-6-7-14/h12-15H,4-11H2,1-3H3. The van der Waals surface area contributed by atoms with E-state index >= 15 is 0 Å². The maximum Gasteiger partial charge on any atom is 0.0195 e. The van der Waals surface area contributed by atoms with Crippen molar-refractivity contribution in [3.8, 4) is 0 Å². The molecule has 2 fully saturated rings. The van der Waals surface area contributed by atoms with Crippen LogP contribution in [0.25, 0.3) is 0 Å². The molecular formula is C14H29N3. The van der Waals surface area contributed by atoms with E-state index in [1.165, 1.54) is 51.9 Å². The minimum absolute atomic E-state index is 0.711. The molecule has 1 saturated heterocycles. The number of unbranched alkanes of at least 4 members (excludes halogenated alkanes) is 1. The molecule has 2 unspecified atom stereocenters. The summed E-state index contributed by atoms with van der Waals surface area (Å²) in [6.45, 7) is 9.70. The molecule has 1 heterocycles. The van der Waals surface area contributed by atoms with Crippen LogP contribution in [0.3, 0.4) is 0 Å². The third kappa shape index (κ3) is 4.23. The van der Waals surface area contributed by atoms with Gasteiger partial charge in [-0.15, -0.1) is 0 Å². The molecule has 0 radical (unpaired) electrons. The lowest BCUT2D eigenvalue weighted by molar-refractivity contribution is 0.0592. The molecule has 1 aliphatic carbocycles. The summed E-state index contributed by atoms with van der Waals surface area (Å²) in [5, 5.41) is 3.59. The van der Waals surface area contributed by atoms with Crippen LogP contribution in [0.15, 0.2) is 0 Å². The van der Waals surface area contributed by atoms with Crippen molar-refractivity contribution in [3.63, 3.8) is 0 Å². The Kier molecular flexibility index (Phi) is 4.83. The van der Waals surface area contributed by atoms with Gasteiger partial charge in [0.1, 0.15) is 0 Å². The van der Waals surface area contributed by atoms with Gasteiger partial charge in [0.15, 0.2) is 0 Å². The summed E-state index contributed by atoms with van der Waals surface area (Å²) in [4.78, 5) is 5.15. The predicted octanol–water partition coefficient (Wildman–Crippen LogP) is 1.54. The fraction of sp³-hybridized carbons (Fsp3) is 1.00. The van der Waals surface area contributed by atoms with E-state index in [4.69, 9.17) is 0 Å². The summed E-state index contributed by atoms with van der Waals surface area (Å²) in [6, 6.07) is 2.30. The molecule has 1 saturated carbocycles. The van der Waals surface area contributed by atoms with Gasteiger partial charge in [-0.2, -0.15) is 0 Å². The average molecular weight is 239 g/mol. The smallest absolute Gasteiger partial charge is 0.0195 e. The molecule has 0 spiro atoms. The highest BCUT2D eigenvalue weighted by atomic mass is 15.3. The molecule has 0 aromatic rings. The van der Waals surface area contributed by atoms with E-state index < -0.39 is 0 Å². The van der Waals surface area contributed by atoms with Crippen molar-refractivity contribution >= 4 is 0 Å². The molecule has 2 aliphatic rings. The third-order valence-electron chi connectivity index (χ3n) is 4.35. The zero-order chi connectivity index (χ0) is 12.3. The first-order valence-electron chi connectivity index (χ1n) is 7.34. The van der Waals surface area contributed by atoms with Gasteiger partial charge in [0.05, 0.1) is 0 Å². The second kappa shape index (κ2) is 6.17. The first-order valence-corrected chi connectivity index (χ1v) is 7.34. The highest BCUT2D eigenvalue weighted by Crippen LogP contribution is 2.18. The first-order chi connectivity index (χ1) is 8.16. The number of hydrogen-bond acceptors (Lipinski definition) is 3. The lowest BCUT2D eigenvalue weighted by Gasteiger charge is -2.42. The van der Waals surface area contributed by atoms with Crippen molar-refractivity contribution < 1.29 is 0 Å². The van der Waals surface area contributed by atoms with Crippen molar-refractivity contribution in [1.29, 1.82) is 0 Å². The van der Waals surface area contributed by atoms with Gasteiger partial charge in [0, 0.05) is 31.2 Å². The molecule has 0 aromatic carbocycles. The Labute approximate surface area is 107 Å². The average Bonchev–Trinajstić information content (AvgIpc) is 3.09. The van der Waals surface area contributed by atoms with Gasteiger partial charge < -0.3 is 10.2 Å². The van der Waals surface area contributed by atoms with Crippen LogP contribution in [0, 0.1) is 0 Å². The zero-order valence-electron chi connectivity index (χ0n) is 11.8. The van der Waals surface area contributed by atoms with E-state index in [2.05, 4.69) is 36.0 Å². The van der Waals surface area contributed by atoms with Crippen LogP contribution >= 0.6 is 0 Å². The van der Waals surface area contributed by atoms with Gasteiger partial charge in [0.25, 0.3) is 0 Å². The molecule has 17 heavy (non-hydrogen) atoms. The van der Waals surface area contributed by atoms with E-state index in [0.29, 0.717) is 12.1 Å². The summed E-state index contributed by atoms with van der Waals surface area (Å²) in [5.41, 5.74) is 0. The zero-order valence-corrected chi connectivity index (χ0v) is 11.8. The highest BCUT2D eigenvalue weighted by molar-refractivity contribution is 4.83. The monoisotopic (exact) mass is 239 g/mol. The Balaban J connectivity index is 1.55. The SMILES string of the molecule is CC1CN(CCCCNC2CC2)CC(C)N1C. The Hall–Kier alpha value is -0.120. The van der Waals surface area contributed by atoms with E-state index in [9.17, 15) is 0 Å². The quantitative estimate of drug-likeness (QED) is 0.709. The number of likely N-dealkylation sites (N-methyl/N-ethyl adjacent to an activating group) is 1. The number of piperazine rings is 1. The Morgan fingerprint density at radius 3 is 2.29 bits per heavy atom. The van der Waals surface area contributed by atoms with E-state index in [0.717, 1.165) is 6.04 Å². The molecule has 1 aliphatic heterocycles. The maximum atomic E-state index is 3.59. The third-order valence-corrected chi connectivity index (χ3v) is 4.35. The fourth-order valence-corrected chi connectivity index (χ4v) is 2.75. The summed E-state index contributed by atoms with van der Waals surface area (Å²) >= 11 is 0. The van der Waals surface area contributed by atoms with Gasteiger partial charge in [-0.3, -0.25) is 4.90 Å². The van der Waals surface area contributed by atoms with Gasteiger partial charge >= 0.3 is 0 Å². The molecule has 3 heteroatoms. The number of nitrogens with one attached hydrogen (secondary N) is 1. The van der Waals surface area contributed by atoms with E-state index in [1.54, 1.807) is 0 Å². The Morgan fingerprint density at radius 2 is 1.71 bits per heavy atom. The summed E-state index contributed by atoms with van der Waals surface area (Å²) < 4.78 is 0. The lowest BCUT2D eigenvalue weighted by atomic mass is 10.1. The summed E-state index contributed by atoms with van der Waals surface area (Å²) in [6.07, 6.45) is 5.51. The van der Waals surface area contributed by atoms with Gasteiger partial charge in [-0.1, -0.05) is 0 Å². The van der Waals surface area contributed by atoms with Crippen LogP contribution in [0.5, 0.6) is 0 Å². The molecule has 100 valence electrons. The molecular weight excluding hydrogens is 210 g/mol. The van der Waals surface area contributed by atoms with Crippen molar-refractivity contribution in [1.82, 2.24) is 15.1 Å². The first kappa shape index (κ1) is 13.3. The Morgan fingerprint density at radius 1 is 1.06 bits per heavy atom. The van der Waals surface area contributed by atoms with Crippen molar-refractivity contribution in [3.05, 3.63) is 0 Å². The fourth-order valence-electron chi connectivity index (χ4n) is 2.75. The molecule has 3 nitrogen and oxygen atoms in total. The van der Waals surface area contributed by atoms with Crippen LogP contribution in [-0.4, -0.2) is 61.2 Å². The molecule has 2 atom stereocenters. The number of hydrogen-bond donors (Lipinski definition) is 1. The van der Waals surface area contributed by atoms with Crippen molar-refractivity contribution in [2.24, 2.45) is 0 Å². The van der Waals surface area contributed by atoms with Crippen LogP contribution < -0.4 is 5.32 Å². The molecule has 1 N–H and O–H groups in total. The molecule has 0 aromatic heterocycles. The largest absolute Gasteiger partial charge is 0.314 e. The van der Waals surface area contributed by atoms with Gasteiger partial charge in [-0.25, -0.2) is 0 Å². The van der Waals surface area contributed by atoms with Crippen molar-refractivity contribution in [2.75, 3.05) is 33.2 Å². The topological polar surface area (TPSA) is 18.5 Å². The van der Waals surface area contributed by atoms with E-state index in [-0.39, 0.29) is 0 Å². The number of rotatable bonds is 6. The Bertz CT molecular complexity index is 216. The van der Waals surface area contributed by atoms with Crippen LogP contribution in [0.2, 0.25) is 0 Å². The van der Waals surface area contributed by atoms with Crippen LogP contribution in [0.4, 0.5) is 0 Å². The van der Waals surface area contributed by atoms with Crippen molar-refractivity contribution in [2.45, 2.75) is 57.7 Å². The normalized spacial score (nSPS) is 31.9. The van der Waals surface area contributed by atoms with Crippen LogP contribution in [0.1, 0.15) is 39.5 Å².